The molecule has 120 valence electrons. The van der Waals surface area contributed by atoms with Crippen LogP contribution in [0.1, 0.15) is 33.1 Å². The molecular formula is C13H23N3O4S. The number of hydrogen-bond acceptors (Lipinski definition) is 4. The quantitative estimate of drug-likeness (QED) is 0.760. The SMILES string of the molecule is CC(C)(NS(C)(=O)=O)C(=O)N1CCC(N2CCCC2=O)C1. The van der Waals surface area contributed by atoms with Crippen LogP contribution in [0.2, 0.25) is 0 Å². The predicted molar refractivity (Wildman–Crippen MR) is 78.0 cm³/mol. The first kappa shape index (κ1) is 16.2. The number of hydrogen-bond donors (Lipinski definition) is 1. The molecule has 0 bridgehead atoms. The summed E-state index contributed by atoms with van der Waals surface area (Å²) in [5, 5.41) is 0. The first-order chi connectivity index (χ1) is 9.60. The van der Waals surface area contributed by atoms with Crippen molar-refractivity contribution < 1.29 is 18.0 Å². The molecule has 0 radical (unpaired) electrons. The van der Waals surface area contributed by atoms with Crippen molar-refractivity contribution in [2.75, 3.05) is 25.9 Å². The molecule has 0 aromatic carbocycles. The number of amides is 2. The van der Waals surface area contributed by atoms with Crippen LogP contribution in [0.3, 0.4) is 0 Å². The Balaban J connectivity index is 2.00. The molecule has 2 saturated heterocycles. The molecule has 21 heavy (non-hydrogen) atoms. The lowest BCUT2D eigenvalue weighted by Crippen LogP contribution is -2.55. The number of carbonyl (C=O) groups excluding carboxylic acids is 2. The second-order valence-corrected chi connectivity index (χ2v) is 8.13. The molecule has 2 amide bonds. The van der Waals surface area contributed by atoms with E-state index in [1.165, 1.54) is 0 Å². The molecule has 2 fully saturated rings. The molecule has 7 nitrogen and oxygen atoms in total. The molecule has 2 rings (SSSR count). The van der Waals surface area contributed by atoms with E-state index in [9.17, 15) is 18.0 Å². The van der Waals surface area contributed by atoms with Gasteiger partial charge in [-0.25, -0.2) is 13.1 Å². The van der Waals surface area contributed by atoms with Crippen LogP contribution in [0.15, 0.2) is 0 Å². The Labute approximate surface area is 125 Å². The Morgan fingerprint density at radius 1 is 1.33 bits per heavy atom. The molecule has 0 aromatic heterocycles. The van der Waals surface area contributed by atoms with Crippen LogP contribution in [0.25, 0.3) is 0 Å². The highest BCUT2D eigenvalue weighted by atomic mass is 32.2. The van der Waals surface area contributed by atoms with Gasteiger partial charge < -0.3 is 9.80 Å². The lowest BCUT2D eigenvalue weighted by Gasteiger charge is -2.30. The van der Waals surface area contributed by atoms with Crippen molar-refractivity contribution in [2.24, 2.45) is 0 Å². The van der Waals surface area contributed by atoms with Gasteiger partial charge in [0.25, 0.3) is 0 Å². The van der Waals surface area contributed by atoms with Crippen LogP contribution >= 0.6 is 0 Å². The van der Waals surface area contributed by atoms with Crippen molar-refractivity contribution >= 4 is 21.8 Å². The Morgan fingerprint density at radius 3 is 2.52 bits per heavy atom. The molecule has 2 heterocycles. The van der Waals surface area contributed by atoms with Crippen LogP contribution in [0.4, 0.5) is 0 Å². The Bertz CT molecular complexity index is 544. The summed E-state index contributed by atoms with van der Waals surface area (Å²) in [4.78, 5) is 27.7. The van der Waals surface area contributed by atoms with Gasteiger partial charge in [0.1, 0.15) is 5.54 Å². The Morgan fingerprint density at radius 2 is 2.00 bits per heavy atom. The van der Waals surface area contributed by atoms with E-state index in [2.05, 4.69) is 4.72 Å². The smallest absolute Gasteiger partial charge is 0.243 e. The van der Waals surface area contributed by atoms with Crippen molar-refractivity contribution in [3.63, 3.8) is 0 Å². The molecule has 2 aliphatic rings. The molecule has 0 saturated carbocycles. The summed E-state index contributed by atoms with van der Waals surface area (Å²) in [7, 11) is -3.46. The number of likely N-dealkylation sites (tertiary alicyclic amines) is 2. The van der Waals surface area contributed by atoms with Crippen molar-refractivity contribution in [1.82, 2.24) is 14.5 Å². The third-order valence-electron chi connectivity index (χ3n) is 3.98. The van der Waals surface area contributed by atoms with Gasteiger partial charge in [-0.15, -0.1) is 0 Å². The van der Waals surface area contributed by atoms with Gasteiger partial charge in [-0.2, -0.15) is 0 Å². The van der Waals surface area contributed by atoms with Crippen molar-refractivity contribution in [3.05, 3.63) is 0 Å². The maximum Gasteiger partial charge on any atom is 0.243 e. The highest BCUT2D eigenvalue weighted by molar-refractivity contribution is 7.88. The van der Waals surface area contributed by atoms with Crippen molar-refractivity contribution in [2.45, 2.75) is 44.7 Å². The summed E-state index contributed by atoms with van der Waals surface area (Å²) < 4.78 is 25.1. The van der Waals surface area contributed by atoms with Crippen LogP contribution < -0.4 is 4.72 Å². The maximum atomic E-state index is 12.5. The van der Waals surface area contributed by atoms with E-state index >= 15 is 0 Å². The minimum atomic E-state index is -3.46. The van der Waals surface area contributed by atoms with E-state index in [-0.39, 0.29) is 17.9 Å². The van der Waals surface area contributed by atoms with Gasteiger partial charge in [0, 0.05) is 26.1 Å². The van der Waals surface area contributed by atoms with E-state index in [1.54, 1.807) is 18.7 Å². The fraction of sp³-hybridized carbons (Fsp3) is 0.846. The van der Waals surface area contributed by atoms with Gasteiger partial charge in [0.05, 0.1) is 12.3 Å². The van der Waals surface area contributed by atoms with Crippen molar-refractivity contribution in [1.29, 1.82) is 0 Å². The molecule has 0 aromatic rings. The third-order valence-corrected chi connectivity index (χ3v) is 4.86. The lowest BCUT2D eigenvalue weighted by atomic mass is 10.1. The molecule has 0 spiro atoms. The summed E-state index contributed by atoms with van der Waals surface area (Å²) in [6, 6.07) is 0.0676. The summed E-state index contributed by atoms with van der Waals surface area (Å²) in [5.41, 5.74) is -1.17. The maximum absolute atomic E-state index is 12.5. The Kier molecular flexibility index (Phi) is 4.30. The first-order valence-corrected chi connectivity index (χ1v) is 9.07. The summed E-state index contributed by atoms with van der Waals surface area (Å²) in [6.07, 6.45) is 3.26. The fourth-order valence-electron chi connectivity index (χ4n) is 3.14. The minimum absolute atomic E-state index is 0.0676. The van der Waals surface area contributed by atoms with Crippen LogP contribution in [-0.4, -0.2) is 67.5 Å². The van der Waals surface area contributed by atoms with Gasteiger partial charge in [0.2, 0.25) is 21.8 Å². The largest absolute Gasteiger partial charge is 0.339 e. The van der Waals surface area contributed by atoms with Gasteiger partial charge in [-0.1, -0.05) is 0 Å². The highest BCUT2D eigenvalue weighted by Crippen LogP contribution is 2.23. The average Bonchev–Trinajstić information content (AvgIpc) is 2.92. The van der Waals surface area contributed by atoms with Gasteiger partial charge in [-0.3, -0.25) is 9.59 Å². The molecular weight excluding hydrogens is 294 g/mol. The van der Waals surface area contributed by atoms with Gasteiger partial charge in [0.15, 0.2) is 0 Å². The highest BCUT2D eigenvalue weighted by Gasteiger charge is 2.40. The molecule has 1 N–H and O–H groups in total. The van der Waals surface area contributed by atoms with E-state index in [1.807, 2.05) is 4.90 Å². The summed E-state index contributed by atoms with van der Waals surface area (Å²) in [5.74, 6) is -0.0927. The molecule has 1 atom stereocenters. The standard InChI is InChI=1S/C13H23N3O4S/c1-13(2,14-21(3,19)20)12(18)15-8-6-10(9-15)16-7-4-5-11(16)17/h10,14H,4-9H2,1-3H3. The zero-order valence-corrected chi connectivity index (χ0v) is 13.6. The summed E-state index contributed by atoms with van der Waals surface area (Å²) >= 11 is 0. The van der Waals surface area contributed by atoms with Gasteiger partial charge in [-0.05, 0) is 26.7 Å². The lowest BCUT2D eigenvalue weighted by molar-refractivity contribution is -0.136. The number of carbonyl (C=O) groups is 2. The zero-order chi connectivity index (χ0) is 15.8. The minimum Gasteiger partial charge on any atom is -0.339 e. The topological polar surface area (TPSA) is 86.8 Å². The molecule has 0 aliphatic carbocycles. The van der Waals surface area contributed by atoms with Crippen molar-refractivity contribution in [3.8, 4) is 0 Å². The number of sulfonamides is 1. The zero-order valence-electron chi connectivity index (χ0n) is 12.8. The monoisotopic (exact) mass is 317 g/mol. The van der Waals surface area contributed by atoms with E-state index in [0.717, 1.165) is 25.6 Å². The predicted octanol–water partition coefficient (Wildman–Crippen LogP) is -0.462. The first-order valence-electron chi connectivity index (χ1n) is 7.18. The number of nitrogens with zero attached hydrogens (tertiary/aromatic N) is 2. The number of nitrogens with one attached hydrogen (secondary N) is 1. The summed E-state index contributed by atoms with van der Waals surface area (Å²) in [6.45, 7) is 4.92. The molecule has 2 aliphatic heterocycles. The molecule has 1 unspecified atom stereocenters. The third kappa shape index (κ3) is 3.74. The second-order valence-electron chi connectivity index (χ2n) is 6.38. The van der Waals surface area contributed by atoms with E-state index in [0.29, 0.717) is 19.5 Å². The van der Waals surface area contributed by atoms with Crippen LogP contribution in [-0.2, 0) is 19.6 Å². The fourth-order valence-corrected chi connectivity index (χ4v) is 4.15. The van der Waals surface area contributed by atoms with Crippen LogP contribution in [0, 0.1) is 0 Å². The van der Waals surface area contributed by atoms with E-state index < -0.39 is 15.6 Å². The normalized spacial score (nSPS) is 24.0. The second kappa shape index (κ2) is 5.57. The Hall–Kier alpha value is -1.15. The van der Waals surface area contributed by atoms with Crippen LogP contribution in [0.5, 0.6) is 0 Å². The molecule has 8 heteroatoms. The van der Waals surface area contributed by atoms with E-state index in [4.69, 9.17) is 0 Å². The van der Waals surface area contributed by atoms with Gasteiger partial charge >= 0.3 is 0 Å². The number of rotatable bonds is 4. The average molecular weight is 317 g/mol.